The van der Waals surface area contributed by atoms with Crippen molar-refractivity contribution in [2.24, 2.45) is 11.8 Å². The number of nitrogens with one attached hydrogen (secondary N) is 1. The summed E-state index contributed by atoms with van der Waals surface area (Å²) in [5.41, 5.74) is 0. The van der Waals surface area contributed by atoms with Crippen LogP contribution in [0.4, 0.5) is 0 Å². The van der Waals surface area contributed by atoms with Gasteiger partial charge in [0.05, 0.1) is 0 Å². The Balaban J connectivity index is 1.70. The van der Waals surface area contributed by atoms with Crippen molar-refractivity contribution in [2.45, 2.75) is 96.3 Å². The average molecular weight is 278 g/mol. The van der Waals surface area contributed by atoms with Gasteiger partial charge in [0.2, 0.25) is 0 Å². The Hall–Kier alpha value is -0.0800. The lowest BCUT2D eigenvalue weighted by atomic mass is 9.74. The smallest absolute Gasteiger partial charge is 0.0127 e. The van der Waals surface area contributed by atoms with Crippen LogP contribution in [0.3, 0.4) is 0 Å². The number of nitrogens with zero attached hydrogens (tertiary/aromatic N) is 1. The van der Waals surface area contributed by atoms with Gasteiger partial charge in [-0.1, -0.05) is 27.2 Å². The van der Waals surface area contributed by atoms with E-state index in [2.05, 4.69) is 31.0 Å². The molecule has 0 aromatic heterocycles. The van der Waals surface area contributed by atoms with E-state index < -0.39 is 0 Å². The maximum absolute atomic E-state index is 3.73. The highest BCUT2D eigenvalue weighted by Crippen LogP contribution is 2.41. The minimum absolute atomic E-state index is 0.796. The molecule has 2 heteroatoms. The maximum Gasteiger partial charge on any atom is 0.0127 e. The van der Waals surface area contributed by atoms with Crippen LogP contribution in [0.15, 0.2) is 0 Å². The van der Waals surface area contributed by atoms with E-state index in [0.29, 0.717) is 0 Å². The molecule has 1 aliphatic carbocycles. The van der Waals surface area contributed by atoms with Crippen LogP contribution in [0.1, 0.15) is 72.1 Å². The van der Waals surface area contributed by atoms with Gasteiger partial charge in [-0.3, -0.25) is 4.90 Å². The fourth-order valence-electron chi connectivity index (χ4n) is 5.51. The van der Waals surface area contributed by atoms with E-state index in [1.165, 1.54) is 51.4 Å². The number of hydrogen-bond acceptors (Lipinski definition) is 2. The van der Waals surface area contributed by atoms with E-state index in [1.54, 1.807) is 0 Å². The largest absolute Gasteiger partial charge is 0.314 e. The van der Waals surface area contributed by atoms with Crippen LogP contribution < -0.4 is 5.32 Å². The molecule has 2 bridgehead atoms. The van der Waals surface area contributed by atoms with Crippen molar-refractivity contribution < 1.29 is 0 Å². The zero-order valence-corrected chi connectivity index (χ0v) is 13.8. The van der Waals surface area contributed by atoms with Crippen molar-refractivity contribution >= 4 is 0 Å². The summed E-state index contributed by atoms with van der Waals surface area (Å²) >= 11 is 0. The van der Waals surface area contributed by atoms with Gasteiger partial charge in [0.25, 0.3) is 0 Å². The molecule has 1 N–H and O–H groups in total. The first-order chi connectivity index (χ1) is 9.69. The van der Waals surface area contributed by atoms with Crippen molar-refractivity contribution in [1.82, 2.24) is 10.2 Å². The molecule has 3 rings (SSSR count). The summed E-state index contributed by atoms with van der Waals surface area (Å²) in [5, 5.41) is 3.73. The van der Waals surface area contributed by atoms with Crippen LogP contribution in [0.25, 0.3) is 0 Å². The van der Waals surface area contributed by atoms with Crippen LogP contribution in [-0.2, 0) is 0 Å². The highest BCUT2D eigenvalue weighted by Gasteiger charge is 2.43. The Bertz CT molecular complexity index is 303. The fraction of sp³-hybridized carbons (Fsp3) is 1.00. The molecule has 2 heterocycles. The third-order valence-electron chi connectivity index (χ3n) is 6.29. The zero-order chi connectivity index (χ0) is 14.1. The van der Waals surface area contributed by atoms with Gasteiger partial charge in [-0.2, -0.15) is 0 Å². The van der Waals surface area contributed by atoms with Crippen LogP contribution in [0.5, 0.6) is 0 Å². The lowest BCUT2D eigenvalue weighted by Gasteiger charge is -2.55. The van der Waals surface area contributed by atoms with Crippen molar-refractivity contribution in [2.75, 3.05) is 6.54 Å². The highest BCUT2D eigenvalue weighted by atomic mass is 15.2. The first-order valence-electron chi connectivity index (χ1n) is 9.19. The quantitative estimate of drug-likeness (QED) is 0.844. The molecule has 5 unspecified atom stereocenters. The molecular formula is C18H34N2. The Labute approximate surface area is 125 Å². The first kappa shape index (κ1) is 14.8. The van der Waals surface area contributed by atoms with Crippen molar-refractivity contribution in [3.63, 3.8) is 0 Å². The fourth-order valence-corrected chi connectivity index (χ4v) is 5.51. The van der Waals surface area contributed by atoms with Gasteiger partial charge < -0.3 is 5.32 Å². The minimum Gasteiger partial charge on any atom is -0.314 e. The molecule has 1 saturated carbocycles. The van der Waals surface area contributed by atoms with Gasteiger partial charge in [0, 0.05) is 24.2 Å². The second kappa shape index (κ2) is 6.36. The summed E-state index contributed by atoms with van der Waals surface area (Å²) in [6, 6.07) is 3.45. The Morgan fingerprint density at radius 3 is 2.25 bits per heavy atom. The monoisotopic (exact) mass is 278 g/mol. The highest BCUT2D eigenvalue weighted by molar-refractivity contribution is 4.99. The van der Waals surface area contributed by atoms with Gasteiger partial charge in [-0.25, -0.2) is 0 Å². The summed E-state index contributed by atoms with van der Waals surface area (Å²) < 4.78 is 0. The molecule has 0 spiro atoms. The molecular weight excluding hydrogens is 244 g/mol. The third-order valence-corrected chi connectivity index (χ3v) is 6.29. The summed E-state index contributed by atoms with van der Waals surface area (Å²) in [4.78, 5) is 3.01. The van der Waals surface area contributed by atoms with E-state index in [-0.39, 0.29) is 0 Å². The molecule has 20 heavy (non-hydrogen) atoms. The number of fused-ring (bicyclic) bond motifs is 2. The van der Waals surface area contributed by atoms with E-state index in [0.717, 1.165) is 42.5 Å². The number of piperidine rings is 2. The lowest BCUT2D eigenvalue weighted by Crippen LogP contribution is -2.61. The van der Waals surface area contributed by atoms with E-state index >= 15 is 0 Å². The van der Waals surface area contributed by atoms with Crippen LogP contribution in [0, 0.1) is 11.8 Å². The van der Waals surface area contributed by atoms with Gasteiger partial charge >= 0.3 is 0 Å². The molecule has 0 radical (unpaired) electrons. The van der Waals surface area contributed by atoms with Gasteiger partial charge in [0.1, 0.15) is 0 Å². The number of hydrogen-bond donors (Lipinski definition) is 1. The Kier molecular flexibility index (Phi) is 4.72. The van der Waals surface area contributed by atoms with Crippen molar-refractivity contribution in [3.8, 4) is 0 Å². The molecule has 116 valence electrons. The molecule has 3 aliphatic rings. The second-order valence-corrected chi connectivity index (χ2v) is 7.87. The molecule has 0 amide bonds. The van der Waals surface area contributed by atoms with Crippen LogP contribution >= 0.6 is 0 Å². The third kappa shape index (κ3) is 2.92. The standard InChI is InChI=1S/C18H34N2/c1-4-19-15-11-16-6-5-7-17(12-15)20(16)18-9-8-13(2)10-14(18)3/h13-19H,4-12H2,1-3H3. The van der Waals surface area contributed by atoms with Crippen molar-refractivity contribution in [1.29, 1.82) is 0 Å². The zero-order valence-electron chi connectivity index (χ0n) is 13.8. The van der Waals surface area contributed by atoms with E-state index in [9.17, 15) is 0 Å². The maximum atomic E-state index is 3.73. The summed E-state index contributed by atoms with van der Waals surface area (Å²) in [6.45, 7) is 8.37. The Morgan fingerprint density at radius 1 is 0.950 bits per heavy atom. The molecule has 0 aromatic rings. The SMILES string of the molecule is CCNC1CC2CCCC(C1)N2C1CCC(C)CC1C. The van der Waals surface area contributed by atoms with E-state index in [4.69, 9.17) is 0 Å². The summed E-state index contributed by atoms with van der Waals surface area (Å²) in [6.07, 6.45) is 11.6. The topological polar surface area (TPSA) is 15.3 Å². The van der Waals surface area contributed by atoms with Crippen LogP contribution in [-0.4, -0.2) is 35.6 Å². The van der Waals surface area contributed by atoms with Crippen molar-refractivity contribution in [3.05, 3.63) is 0 Å². The molecule has 3 fully saturated rings. The molecule has 5 atom stereocenters. The predicted molar refractivity (Wildman–Crippen MR) is 85.9 cm³/mol. The minimum atomic E-state index is 0.796. The summed E-state index contributed by atoms with van der Waals surface area (Å²) in [5.74, 6) is 1.87. The van der Waals surface area contributed by atoms with Crippen LogP contribution in [0.2, 0.25) is 0 Å². The van der Waals surface area contributed by atoms with E-state index in [1.807, 2.05) is 0 Å². The Morgan fingerprint density at radius 2 is 1.65 bits per heavy atom. The molecule has 2 saturated heterocycles. The molecule has 2 nitrogen and oxygen atoms in total. The van der Waals surface area contributed by atoms with Gasteiger partial charge in [-0.05, 0) is 63.3 Å². The normalized spacial score (nSPS) is 46.4. The molecule has 0 aromatic carbocycles. The van der Waals surface area contributed by atoms with Gasteiger partial charge in [0.15, 0.2) is 0 Å². The predicted octanol–water partition coefficient (Wildman–Crippen LogP) is 3.81. The number of rotatable bonds is 3. The average Bonchev–Trinajstić information content (AvgIpc) is 2.39. The first-order valence-corrected chi connectivity index (χ1v) is 9.19. The van der Waals surface area contributed by atoms with Gasteiger partial charge in [-0.15, -0.1) is 0 Å². The second-order valence-electron chi connectivity index (χ2n) is 7.87. The molecule has 2 aliphatic heterocycles. The summed E-state index contributed by atoms with van der Waals surface area (Å²) in [7, 11) is 0. The lowest BCUT2D eigenvalue weighted by molar-refractivity contribution is -0.0439.